The quantitative estimate of drug-likeness (QED) is 0.214. The number of aliphatic carboxylic acids is 1. The number of hydrogen-bond donors (Lipinski definition) is 1. The molecule has 28 heavy (non-hydrogen) atoms. The van der Waals surface area contributed by atoms with Crippen LogP contribution in [0.3, 0.4) is 0 Å². The van der Waals surface area contributed by atoms with Gasteiger partial charge in [-0.05, 0) is 42.3 Å². The van der Waals surface area contributed by atoms with Crippen molar-refractivity contribution in [3.8, 4) is 0 Å². The summed E-state index contributed by atoms with van der Waals surface area (Å²) in [5, 5.41) is 8.68. The van der Waals surface area contributed by atoms with Crippen molar-refractivity contribution in [3.05, 3.63) is 108 Å². The molecular weight excluding hydrogens is 431 g/mol. The first kappa shape index (κ1) is 20.8. The molecule has 0 radical (unpaired) electrons. The maximum absolute atomic E-state index is 10.9. The maximum Gasteiger partial charge on any atom is 0.303 e. The maximum atomic E-state index is 10.9. The highest BCUT2D eigenvalue weighted by atomic mass is 79.9. The van der Waals surface area contributed by atoms with Crippen LogP contribution < -0.4 is 0 Å². The van der Waals surface area contributed by atoms with Gasteiger partial charge in [-0.1, -0.05) is 106 Å². The first-order valence-electron chi connectivity index (χ1n) is 9.47. The molecule has 0 aliphatic rings. The fraction of sp³-hybridized carbons (Fsp3) is 0.208. The highest BCUT2D eigenvalue weighted by molar-refractivity contribution is 9.39. The van der Waals surface area contributed by atoms with Gasteiger partial charge in [0.1, 0.15) is 0 Å². The van der Waals surface area contributed by atoms with Crippen molar-refractivity contribution in [1.29, 1.82) is 0 Å². The SMILES string of the molecule is O=C(O)CCCCP(Br)C(c1ccccc1)(c1ccccc1)c1ccccc1. The summed E-state index contributed by atoms with van der Waals surface area (Å²) in [5.74, 6) is -0.723. The van der Waals surface area contributed by atoms with Gasteiger partial charge in [0.05, 0.1) is 5.16 Å². The summed E-state index contributed by atoms with van der Waals surface area (Å²) in [4.78, 5) is 10.9. The molecule has 1 atom stereocenters. The Kier molecular flexibility index (Phi) is 7.42. The van der Waals surface area contributed by atoms with E-state index in [4.69, 9.17) is 5.11 Å². The molecule has 0 heterocycles. The van der Waals surface area contributed by atoms with E-state index < -0.39 is 12.6 Å². The molecule has 2 nitrogen and oxygen atoms in total. The van der Waals surface area contributed by atoms with E-state index in [0.717, 1.165) is 12.6 Å². The molecule has 0 saturated heterocycles. The number of benzene rings is 3. The van der Waals surface area contributed by atoms with E-state index in [1.54, 1.807) is 0 Å². The highest BCUT2D eigenvalue weighted by Gasteiger charge is 2.42. The second kappa shape index (κ2) is 10.0. The Morgan fingerprint density at radius 2 is 1.14 bits per heavy atom. The standard InChI is InChI=1S/C24H24BrO2P/c25-28(19-11-10-18-23(26)27)24(20-12-4-1-5-13-20,21-14-6-2-7-15-21)22-16-8-3-9-17-22/h1-9,12-17H,10-11,18-19H2,(H,26,27). The molecule has 1 unspecified atom stereocenters. The van der Waals surface area contributed by atoms with Crippen molar-refractivity contribution in [3.63, 3.8) is 0 Å². The van der Waals surface area contributed by atoms with Gasteiger partial charge >= 0.3 is 5.97 Å². The molecule has 0 aromatic heterocycles. The normalized spacial score (nSPS) is 12.5. The van der Waals surface area contributed by atoms with Crippen LogP contribution in [-0.4, -0.2) is 17.2 Å². The van der Waals surface area contributed by atoms with Gasteiger partial charge in [-0.2, -0.15) is 0 Å². The molecule has 0 saturated carbocycles. The second-order valence-electron chi connectivity index (χ2n) is 6.75. The fourth-order valence-electron chi connectivity index (χ4n) is 3.65. The lowest BCUT2D eigenvalue weighted by Gasteiger charge is -2.40. The van der Waals surface area contributed by atoms with Crippen LogP contribution in [0.25, 0.3) is 0 Å². The molecule has 1 N–H and O–H groups in total. The van der Waals surface area contributed by atoms with E-state index in [-0.39, 0.29) is 11.6 Å². The lowest BCUT2D eigenvalue weighted by Crippen LogP contribution is -2.27. The van der Waals surface area contributed by atoms with Gasteiger partial charge in [0, 0.05) is 6.42 Å². The van der Waals surface area contributed by atoms with Crippen molar-refractivity contribution in [1.82, 2.24) is 0 Å². The lowest BCUT2D eigenvalue weighted by atomic mass is 9.84. The summed E-state index contributed by atoms with van der Waals surface area (Å²) in [6, 6.07) is 31.9. The molecule has 0 fully saturated rings. The minimum absolute atomic E-state index is 0.227. The van der Waals surface area contributed by atoms with Crippen LogP contribution in [0.1, 0.15) is 36.0 Å². The zero-order valence-corrected chi connectivity index (χ0v) is 18.1. The van der Waals surface area contributed by atoms with E-state index in [9.17, 15) is 4.79 Å². The van der Waals surface area contributed by atoms with E-state index >= 15 is 0 Å². The Labute approximate surface area is 176 Å². The van der Waals surface area contributed by atoms with Crippen molar-refractivity contribution >= 4 is 28.1 Å². The monoisotopic (exact) mass is 454 g/mol. The van der Waals surface area contributed by atoms with Gasteiger partial charge in [0.25, 0.3) is 0 Å². The summed E-state index contributed by atoms with van der Waals surface area (Å²) in [6.07, 6.45) is 2.76. The average Bonchev–Trinajstić information content (AvgIpc) is 2.74. The van der Waals surface area contributed by atoms with Gasteiger partial charge in [-0.25, -0.2) is 0 Å². The minimum atomic E-state index is -0.723. The second-order valence-corrected chi connectivity index (χ2v) is 11.2. The topological polar surface area (TPSA) is 37.3 Å². The van der Waals surface area contributed by atoms with Crippen LogP contribution in [0, 0.1) is 0 Å². The molecule has 3 aromatic carbocycles. The van der Waals surface area contributed by atoms with Crippen molar-refractivity contribution in [2.45, 2.75) is 24.4 Å². The summed E-state index contributed by atoms with van der Waals surface area (Å²) >= 11 is 4.10. The van der Waals surface area contributed by atoms with Crippen LogP contribution >= 0.6 is 22.1 Å². The van der Waals surface area contributed by atoms with E-state index in [1.807, 2.05) is 18.2 Å². The number of carbonyl (C=O) groups is 1. The summed E-state index contributed by atoms with van der Waals surface area (Å²) < 4.78 is 0. The fourth-order valence-corrected chi connectivity index (χ4v) is 8.37. The summed E-state index contributed by atoms with van der Waals surface area (Å²) in [7, 11) is 0. The third-order valence-corrected chi connectivity index (χ3v) is 9.80. The molecule has 0 amide bonds. The van der Waals surface area contributed by atoms with Crippen molar-refractivity contribution in [2.75, 3.05) is 6.16 Å². The number of halogens is 1. The summed E-state index contributed by atoms with van der Waals surface area (Å²) in [5.41, 5.74) is 3.77. The summed E-state index contributed by atoms with van der Waals surface area (Å²) in [6.45, 7) is -0.668. The van der Waals surface area contributed by atoms with E-state index in [2.05, 4.69) is 88.3 Å². The third kappa shape index (κ3) is 4.54. The molecule has 3 rings (SSSR count). The van der Waals surface area contributed by atoms with Gasteiger partial charge in [-0.15, -0.1) is 0 Å². The molecule has 0 aliphatic heterocycles. The Balaban J connectivity index is 2.10. The smallest absolute Gasteiger partial charge is 0.303 e. The number of unbranched alkanes of at least 4 members (excludes halogenated alkanes) is 1. The van der Waals surface area contributed by atoms with Crippen LogP contribution in [0.4, 0.5) is 0 Å². The highest BCUT2D eigenvalue weighted by Crippen LogP contribution is 2.68. The van der Waals surface area contributed by atoms with Crippen LogP contribution in [0.2, 0.25) is 0 Å². The van der Waals surface area contributed by atoms with E-state index in [1.165, 1.54) is 16.7 Å². The molecule has 0 bridgehead atoms. The van der Waals surface area contributed by atoms with Crippen molar-refractivity contribution < 1.29 is 9.90 Å². The van der Waals surface area contributed by atoms with Crippen molar-refractivity contribution in [2.24, 2.45) is 0 Å². The Bertz CT molecular complexity index is 772. The Morgan fingerprint density at radius 1 is 0.750 bits per heavy atom. The molecular formula is C24H24BrO2P. The van der Waals surface area contributed by atoms with Gasteiger partial charge in [0.15, 0.2) is 0 Å². The molecule has 4 heteroatoms. The van der Waals surface area contributed by atoms with E-state index in [0.29, 0.717) is 6.42 Å². The van der Waals surface area contributed by atoms with Gasteiger partial charge < -0.3 is 5.11 Å². The first-order chi connectivity index (χ1) is 13.7. The first-order valence-corrected chi connectivity index (χ1v) is 13.0. The third-order valence-electron chi connectivity index (χ3n) is 4.93. The average molecular weight is 455 g/mol. The molecule has 0 spiro atoms. The number of carboxylic acids is 1. The number of hydrogen-bond acceptors (Lipinski definition) is 1. The van der Waals surface area contributed by atoms with Crippen LogP contribution in [0.15, 0.2) is 91.0 Å². The Hall–Kier alpha value is -1.96. The minimum Gasteiger partial charge on any atom is -0.481 e. The molecule has 3 aromatic rings. The molecule has 144 valence electrons. The van der Waals surface area contributed by atoms with Crippen LogP contribution in [0.5, 0.6) is 0 Å². The predicted molar refractivity (Wildman–Crippen MR) is 121 cm³/mol. The predicted octanol–water partition coefficient (Wildman–Crippen LogP) is 7.03. The van der Waals surface area contributed by atoms with Gasteiger partial charge in [-0.3, -0.25) is 4.79 Å². The lowest BCUT2D eigenvalue weighted by molar-refractivity contribution is -0.137. The van der Waals surface area contributed by atoms with Crippen LogP contribution in [-0.2, 0) is 9.95 Å². The number of rotatable bonds is 9. The number of carboxylic acid groups (broad SMARTS) is 1. The zero-order valence-electron chi connectivity index (χ0n) is 15.7. The Morgan fingerprint density at radius 3 is 1.50 bits per heavy atom. The largest absolute Gasteiger partial charge is 0.481 e. The molecule has 0 aliphatic carbocycles. The van der Waals surface area contributed by atoms with Gasteiger partial charge in [0.2, 0.25) is 0 Å². The zero-order chi connectivity index (χ0) is 19.8.